The van der Waals surface area contributed by atoms with Crippen molar-refractivity contribution in [1.29, 1.82) is 0 Å². The van der Waals surface area contributed by atoms with Crippen molar-refractivity contribution in [3.8, 4) is 0 Å². The fraction of sp³-hybridized carbons (Fsp3) is 0.238. The zero-order valence-electron chi connectivity index (χ0n) is 15.3. The third kappa shape index (κ3) is 4.06. The topological polar surface area (TPSA) is 73.4 Å². The maximum atomic E-state index is 13.4. The van der Waals surface area contributed by atoms with Gasteiger partial charge in [-0.3, -0.25) is 9.59 Å². The van der Waals surface area contributed by atoms with Crippen LogP contribution in [0.2, 0.25) is 0 Å². The Kier molecular flexibility index (Phi) is 5.37. The first kappa shape index (κ1) is 18.8. The number of H-pyrrole nitrogens is 1. The number of aromatic amines is 1. The summed E-state index contributed by atoms with van der Waals surface area (Å²) in [5, 5.41) is 10.2. The number of aromatic nitrogens is 1. The smallest absolute Gasteiger partial charge is 0.254 e. The second-order valence-electron chi connectivity index (χ2n) is 6.63. The van der Waals surface area contributed by atoms with Crippen LogP contribution in [0.1, 0.15) is 27.0 Å². The Morgan fingerprint density at radius 1 is 1.19 bits per heavy atom. The van der Waals surface area contributed by atoms with Gasteiger partial charge in [0.1, 0.15) is 5.82 Å². The number of hydrogen-bond donors (Lipinski definition) is 2. The van der Waals surface area contributed by atoms with Crippen LogP contribution in [-0.4, -0.2) is 34.0 Å². The van der Waals surface area contributed by atoms with Crippen LogP contribution in [0.4, 0.5) is 4.39 Å². The van der Waals surface area contributed by atoms with E-state index in [0.29, 0.717) is 5.56 Å². The Bertz CT molecular complexity index is 1060. The number of nitrogens with zero attached hydrogens (tertiary/aromatic N) is 1. The number of nitrogens with one attached hydrogen (secondary N) is 1. The average Bonchev–Trinajstić information content (AvgIpc) is 2.61. The number of pyridine rings is 1. The molecule has 1 aromatic heterocycles. The van der Waals surface area contributed by atoms with Crippen LogP contribution < -0.4 is 5.56 Å². The molecule has 5 nitrogen and oxygen atoms in total. The van der Waals surface area contributed by atoms with Crippen molar-refractivity contribution >= 4 is 16.8 Å². The lowest BCUT2D eigenvalue weighted by atomic mass is 10.0. The summed E-state index contributed by atoms with van der Waals surface area (Å²) in [4.78, 5) is 29.4. The first-order valence-corrected chi connectivity index (χ1v) is 8.68. The van der Waals surface area contributed by atoms with Crippen LogP contribution in [0, 0.1) is 19.7 Å². The van der Waals surface area contributed by atoms with Gasteiger partial charge in [0.15, 0.2) is 0 Å². The van der Waals surface area contributed by atoms with Crippen molar-refractivity contribution in [2.24, 2.45) is 0 Å². The number of carbonyl (C=O) groups excluding carboxylic acids is 1. The summed E-state index contributed by atoms with van der Waals surface area (Å²) in [6, 6.07) is 11.1. The number of carbonyl (C=O) groups is 1. The van der Waals surface area contributed by atoms with E-state index in [1.807, 2.05) is 26.0 Å². The molecule has 0 spiro atoms. The first-order valence-electron chi connectivity index (χ1n) is 8.68. The maximum absolute atomic E-state index is 13.4. The van der Waals surface area contributed by atoms with E-state index in [4.69, 9.17) is 0 Å². The van der Waals surface area contributed by atoms with Crippen molar-refractivity contribution in [3.05, 3.63) is 80.9 Å². The SMILES string of the molecule is Cc1cc(C)c2cc(CN(CCO)C(=O)c3cccc(F)c3)c(=O)[nH]c2c1. The van der Waals surface area contributed by atoms with E-state index in [-0.39, 0.29) is 30.8 Å². The number of aliphatic hydroxyl groups excluding tert-OH is 1. The molecule has 0 fully saturated rings. The molecule has 2 aromatic carbocycles. The van der Waals surface area contributed by atoms with Gasteiger partial charge in [0.25, 0.3) is 11.5 Å². The zero-order chi connectivity index (χ0) is 19.6. The summed E-state index contributed by atoms with van der Waals surface area (Å²) in [5.74, 6) is -0.956. The molecule has 0 bridgehead atoms. The highest BCUT2D eigenvalue weighted by Crippen LogP contribution is 2.19. The lowest BCUT2D eigenvalue weighted by Gasteiger charge is -2.22. The summed E-state index contributed by atoms with van der Waals surface area (Å²) in [6.07, 6.45) is 0. The Hall–Kier alpha value is -2.99. The molecule has 0 aliphatic rings. The van der Waals surface area contributed by atoms with Crippen molar-refractivity contribution in [2.45, 2.75) is 20.4 Å². The van der Waals surface area contributed by atoms with Gasteiger partial charge in [-0.05, 0) is 55.3 Å². The third-order valence-electron chi connectivity index (χ3n) is 4.48. The Morgan fingerprint density at radius 2 is 1.96 bits per heavy atom. The van der Waals surface area contributed by atoms with E-state index in [1.54, 1.807) is 6.07 Å². The van der Waals surface area contributed by atoms with Gasteiger partial charge in [0.2, 0.25) is 0 Å². The number of fused-ring (bicyclic) bond motifs is 1. The number of benzene rings is 2. The largest absolute Gasteiger partial charge is 0.395 e. The van der Waals surface area contributed by atoms with E-state index in [0.717, 1.165) is 28.1 Å². The first-order chi connectivity index (χ1) is 12.9. The number of aliphatic hydroxyl groups is 1. The molecule has 0 saturated heterocycles. The summed E-state index contributed by atoms with van der Waals surface area (Å²) >= 11 is 0. The van der Waals surface area contributed by atoms with Gasteiger partial charge < -0.3 is 15.0 Å². The fourth-order valence-corrected chi connectivity index (χ4v) is 3.22. The Balaban J connectivity index is 1.98. The highest BCUT2D eigenvalue weighted by atomic mass is 19.1. The van der Waals surface area contributed by atoms with Crippen LogP contribution in [0.25, 0.3) is 10.9 Å². The van der Waals surface area contributed by atoms with Gasteiger partial charge >= 0.3 is 0 Å². The lowest BCUT2D eigenvalue weighted by Crippen LogP contribution is -2.35. The van der Waals surface area contributed by atoms with E-state index in [2.05, 4.69) is 4.98 Å². The van der Waals surface area contributed by atoms with Crippen LogP contribution in [0.15, 0.2) is 47.3 Å². The molecule has 27 heavy (non-hydrogen) atoms. The molecule has 0 atom stereocenters. The van der Waals surface area contributed by atoms with Crippen molar-refractivity contribution in [3.63, 3.8) is 0 Å². The predicted molar refractivity (Wildman–Crippen MR) is 102 cm³/mol. The molecule has 140 valence electrons. The monoisotopic (exact) mass is 368 g/mol. The van der Waals surface area contributed by atoms with Gasteiger partial charge in [-0.15, -0.1) is 0 Å². The number of halogens is 1. The van der Waals surface area contributed by atoms with Gasteiger partial charge in [-0.2, -0.15) is 0 Å². The number of hydrogen-bond acceptors (Lipinski definition) is 3. The van der Waals surface area contributed by atoms with Crippen LogP contribution in [0.3, 0.4) is 0 Å². The van der Waals surface area contributed by atoms with Crippen LogP contribution in [-0.2, 0) is 6.54 Å². The molecule has 1 amide bonds. The summed E-state index contributed by atoms with van der Waals surface area (Å²) in [5.41, 5.74) is 3.10. The quantitative estimate of drug-likeness (QED) is 0.727. The Labute approximate surface area is 156 Å². The lowest BCUT2D eigenvalue weighted by molar-refractivity contribution is 0.0706. The summed E-state index contributed by atoms with van der Waals surface area (Å²) < 4.78 is 13.4. The van der Waals surface area contributed by atoms with E-state index in [1.165, 1.54) is 23.1 Å². The maximum Gasteiger partial charge on any atom is 0.254 e. The highest BCUT2D eigenvalue weighted by molar-refractivity contribution is 5.94. The fourth-order valence-electron chi connectivity index (χ4n) is 3.22. The molecule has 2 N–H and O–H groups in total. The van der Waals surface area contributed by atoms with Crippen LogP contribution >= 0.6 is 0 Å². The average molecular weight is 368 g/mol. The number of rotatable bonds is 5. The molecule has 1 heterocycles. The second-order valence-corrected chi connectivity index (χ2v) is 6.63. The molecule has 6 heteroatoms. The molecule has 0 radical (unpaired) electrons. The molecule has 3 aromatic rings. The van der Waals surface area contributed by atoms with E-state index >= 15 is 0 Å². The molecular formula is C21H21FN2O3. The normalized spacial score (nSPS) is 11.0. The molecule has 0 aliphatic heterocycles. The molecule has 0 aliphatic carbocycles. The minimum absolute atomic E-state index is 0.0223. The molecule has 3 rings (SSSR count). The summed E-state index contributed by atoms with van der Waals surface area (Å²) in [6.45, 7) is 3.72. The highest BCUT2D eigenvalue weighted by Gasteiger charge is 2.18. The minimum atomic E-state index is -0.514. The predicted octanol–water partition coefficient (Wildman–Crippen LogP) is 2.92. The van der Waals surface area contributed by atoms with Crippen molar-refractivity contribution in [1.82, 2.24) is 9.88 Å². The number of amides is 1. The Morgan fingerprint density at radius 3 is 2.67 bits per heavy atom. The van der Waals surface area contributed by atoms with Crippen LogP contribution in [0.5, 0.6) is 0 Å². The van der Waals surface area contributed by atoms with E-state index < -0.39 is 11.7 Å². The molecule has 0 unspecified atom stereocenters. The summed E-state index contributed by atoms with van der Waals surface area (Å²) in [7, 11) is 0. The minimum Gasteiger partial charge on any atom is -0.395 e. The van der Waals surface area contributed by atoms with Crippen molar-refractivity contribution < 1.29 is 14.3 Å². The molecule has 0 saturated carbocycles. The van der Waals surface area contributed by atoms with Gasteiger partial charge in [0, 0.05) is 28.6 Å². The third-order valence-corrected chi connectivity index (χ3v) is 4.48. The van der Waals surface area contributed by atoms with Crippen molar-refractivity contribution in [2.75, 3.05) is 13.2 Å². The zero-order valence-corrected chi connectivity index (χ0v) is 15.3. The van der Waals surface area contributed by atoms with E-state index in [9.17, 15) is 19.1 Å². The van der Waals surface area contributed by atoms with Gasteiger partial charge in [-0.1, -0.05) is 12.1 Å². The van der Waals surface area contributed by atoms with Gasteiger partial charge in [-0.25, -0.2) is 4.39 Å². The second kappa shape index (κ2) is 7.72. The molecular weight excluding hydrogens is 347 g/mol. The number of aryl methyl sites for hydroxylation is 2. The van der Waals surface area contributed by atoms with Gasteiger partial charge in [0.05, 0.1) is 13.2 Å². The standard InChI is InChI=1S/C21H21FN2O3/c1-13-8-14(2)18-11-16(20(26)23-19(18)9-13)12-24(6-7-25)21(27)15-4-3-5-17(22)10-15/h3-5,8-11,25H,6-7,12H2,1-2H3,(H,23,26).